The van der Waals surface area contributed by atoms with Crippen LogP contribution in [0.25, 0.3) is 0 Å². The van der Waals surface area contributed by atoms with E-state index in [1.165, 1.54) is 0 Å². The normalized spacial score (nSPS) is 12.2. The highest BCUT2D eigenvalue weighted by atomic mass is 16.4. The fraction of sp³-hybridized carbons (Fsp3) is 0.643. The summed E-state index contributed by atoms with van der Waals surface area (Å²) in [5.41, 5.74) is 1.91. The van der Waals surface area contributed by atoms with Crippen molar-refractivity contribution in [1.29, 1.82) is 0 Å². The lowest BCUT2D eigenvalue weighted by Gasteiger charge is -2.16. The molecule has 0 fully saturated rings. The van der Waals surface area contributed by atoms with Crippen molar-refractivity contribution in [3.63, 3.8) is 0 Å². The molecule has 7 heteroatoms. The molecule has 0 spiro atoms. The van der Waals surface area contributed by atoms with Crippen molar-refractivity contribution in [1.82, 2.24) is 20.4 Å². The summed E-state index contributed by atoms with van der Waals surface area (Å²) in [5, 5.41) is 18.7. The zero-order chi connectivity index (χ0) is 16.0. The molecule has 0 aliphatic rings. The molecule has 0 saturated heterocycles. The molecule has 0 aliphatic heterocycles. The molecule has 0 radical (unpaired) electrons. The van der Waals surface area contributed by atoms with Gasteiger partial charge in [0, 0.05) is 31.9 Å². The number of aromatic nitrogens is 2. The first-order valence-corrected chi connectivity index (χ1v) is 7.11. The second kappa shape index (κ2) is 7.66. The maximum absolute atomic E-state index is 11.7. The molecule has 0 bridgehead atoms. The van der Waals surface area contributed by atoms with Crippen LogP contribution in [0, 0.1) is 11.8 Å². The number of carbonyl (C=O) groups is 2. The summed E-state index contributed by atoms with van der Waals surface area (Å²) in [6.45, 7) is 6.14. The van der Waals surface area contributed by atoms with Crippen LogP contribution in [0.3, 0.4) is 0 Å². The monoisotopic (exact) mass is 296 g/mol. The second-order valence-electron chi connectivity index (χ2n) is 5.38. The average Bonchev–Trinajstić information content (AvgIpc) is 2.76. The van der Waals surface area contributed by atoms with Gasteiger partial charge in [0.2, 0.25) is 0 Å². The smallest absolute Gasteiger partial charge is 0.315 e. The van der Waals surface area contributed by atoms with Gasteiger partial charge in [0.25, 0.3) is 0 Å². The lowest BCUT2D eigenvalue weighted by Crippen LogP contribution is -2.41. The summed E-state index contributed by atoms with van der Waals surface area (Å²) in [6, 6.07) is -0.368. The standard InChI is InChI=1S/C14H24N4O3/c1-5-12-10(8-18(4)17-12)6-15-14(21)16-7-11(9(2)3)13(19)20/h8-9,11H,5-7H2,1-4H3,(H,19,20)(H2,15,16,21). The first kappa shape index (κ1) is 17.0. The number of aliphatic carboxylic acids is 1. The highest BCUT2D eigenvalue weighted by Crippen LogP contribution is 2.09. The summed E-state index contributed by atoms with van der Waals surface area (Å²) in [7, 11) is 1.84. The Morgan fingerprint density at radius 2 is 2.05 bits per heavy atom. The molecule has 2 amide bonds. The first-order valence-electron chi connectivity index (χ1n) is 7.11. The lowest BCUT2D eigenvalue weighted by atomic mass is 9.96. The summed E-state index contributed by atoms with van der Waals surface area (Å²) < 4.78 is 1.72. The quantitative estimate of drug-likeness (QED) is 0.703. The third-order valence-electron chi connectivity index (χ3n) is 3.37. The Labute approximate surface area is 124 Å². The molecule has 0 aromatic carbocycles. The van der Waals surface area contributed by atoms with E-state index in [1.54, 1.807) is 4.68 Å². The fourth-order valence-corrected chi connectivity index (χ4v) is 2.08. The predicted octanol–water partition coefficient (Wildman–Crippen LogP) is 1.14. The fourth-order valence-electron chi connectivity index (χ4n) is 2.08. The average molecular weight is 296 g/mol. The Balaban J connectivity index is 2.45. The molecule has 1 atom stereocenters. The third kappa shape index (κ3) is 5.09. The number of aryl methyl sites for hydroxylation is 2. The molecule has 0 saturated carbocycles. The van der Waals surface area contributed by atoms with Crippen LogP contribution in [0.15, 0.2) is 6.20 Å². The van der Waals surface area contributed by atoms with Gasteiger partial charge in [0.15, 0.2) is 0 Å². The van der Waals surface area contributed by atoms with Gasteiger partial charge in [-0.2, -0.15) is 5.10 Å². The molecule has 1 rings (SSSR count). The Hall–Kier alpha value is -2.05. The predicted molar refractivity (Wildman–Crippen MR) is 78.8 cm³/mol. The summed E-state index contributed by atoms with van der Waals surface area (Å²) in [5.74, 6) is -1.51. The van der Waals surface area contributed by atoms with Crippen molar-refractivity contribution in [3.05, 3.63) is 17.5 Å². The van der Waals surface area contributed by atoms with Gasteiger partial charge in [-0.05, 0) is 12.3 Å². The largest absolute Gasteiger partial charge is 0.481 e. The topological polar surface area (TPSA) is 96.3 Å². The van der Waals surface area contributed by atoms with Gasteiger partial charge in [0.05, 0.1) is 11.6 Å². The van der Waals surface area contributed by atoms with E-state index >= 15 is 0 Å². The Bertz CT molecular complexity index is 496. The maximum atomic E-state index is 11.7. The van der Waals surface area contributed by atoms with Gasteiger partial charge in [-0.25, -0.2) is 4.79 Å². The number of nitrogens with zero attached hydrogens (tertiary/aromatic N) is 2. The van der Waals surface area contributed by atoms with Gasteiger partial charge in [-0.15, -0.1) is 0 Å². The highest BCUT2D eigenvalue weighted by molar-refractivity contribution is 5.75. The minimum absolute atomic E-state index is 0.0344. The van der Waals surface area contributed by atoms with Crippen LogP contribution >= 0.6 is 0 Å². The molecular weight excluding hydrogens is 272 g/mol. The number of hydrogen-bond donors (Lipinski definition) is 3. The van der Waals surface area contributed by atoms with E-state index < -0.39 is 11.9 Å². The van der Waals surface area contributed by atoms with Gasteiger partial charge < -0.3 is 15.7 Å². The highest BCUT2D eigenvalue weighted by Gasteiger charge is 2.21. The van der Waals surface area contributed by atoms with Crippen LogP contribution in [-0.2, 0) is 24.8 Å². The van der Waals surface area contributed by atoms with Crippen LogP contribution in [0.2, 0.25) is 0 Å². The zero-order valence-electron chi connectivity index (χ0n) is 13.0. The number of hydrogen-bond acceptors (Lipinski definition) is 3. The van der Waals surface area contributed by atoms with Crippen molar-refractivity contribution in [2.75, 3.05) is 6.54 Å². The third-order valence-corrected chi connectivity index (χ3v) is 3.37. The van der Waals surface area contributed by atoms with E-state index in [1.807, 2.05) is 34.0 Å². The van der Waals surface area contributed by atoms with Crippen molar-refractivity contribution >= 4 is 12.0 Å². The van der Waals surface area contributed by atoms with E-state index in [4.69, 9.17) is 5.11 Å². The van der Waals surface area contributed by atoms with E-state index in [9.17, 15) is 9.59 Å². The molecule has 3 N–H and O–H groups in total. The Morgan fingerprint density at radius 1 is 1.38 bits per heavy atom. The van der Waals surface area contributed by atoms with Gasteiger partial charge in [-0.1, -0.05) is 20.8 Å². The van der Waals surface area contributed by atoms with Crippen LogP contribution in [0.5, 0.6) is 0 Å². The van der Waals surface area contributed by atoms with Crippen molar-refractivity contribution in [3.8, 4) is 0 Å². The Kier molecular flexibility index (Phi) is 6.20. The maximum Gasteiger partial charge on any atom is 0.315 e. The zero-order valence-corrected chi connectivity index (χ0v) is 13.0. The minimum Gasteiger partial charge on any atom is -0.481 e. The molecule has 1 aromatic heterocycles. The van der Waals surface area contributed by atoms with Crippen LogP contribution in [0.4, 0.5) is 4.79 Å². The molecule has 1 aromatic rings. The molecular formula is C14H24N4O3. The second-order valence-corrected chi connectivity index (χ2v) is 5.38. The van der Waals surface area contributed by atoms with E-state index in [0.29, 0.717) is 6.54 Å². The summed E-state index contributed by atoms with van der Waals surface area (Å²) >= 11 is 0. The lowest BCUT2D eigenvalue weighted by molar-refractivity contribution is -0.142. The van der Waals surface area contributed by atoms with Crippen LogP contribution < -0.4 is 10.6 Å². The van der Waals surface area contributed by atoms with Crippen molar-refractivity contribution < 1.29 is 14.7 Å². The molecule has 0 aliphatic carbocycles. The van der Waals surface area contributed by atoms with Crippen LogP contribution in [0.1, 0.15) is 32.0 Å². The summed E-state index contributed by atoms with van der Waals surface area (Å²) in [6.07, 6.45) is 2.67. The molecule has 1 heterocycles. The Morgan fingerprint density at radius 3 is 2.57 bits per heavy atom. The number of carboxylic acid groups (broad SMARTS) is 1. The number of amides is 2. The first-order chi connectivity index (χ1) is 9.85. The van der Waals surface area contributed by atoms with E-state index in [0.717, 1.165) is 17.7 Å². The number of urea groups is 1. The van der Waals surface area contributed by atoms with E-state index in [2.05, 4.69) is 15.7 Å². The molecule has 1 unspecified atom stereocenters. The van der Waals surface area contributed by atoms with Crippen LogP contribution in [-0.4, -0.2) is 33.4 Å². The SMILES string of the molecule is CCc1nn(C)cc1CNC(=O)NCC(C(=O)O)C(C)C. The number of carboxylic acids is 1. The van der Waals surface area contributed by atoms with Crippen molar-refractivity contribution in [2.24, 2.45) is 18.9 Å². The summed E-state index contributed by atoms with van der Waals surface area (Å²) in [4.78, 5) is 22.8. The number of rotatable bonds is 7. The van der Waals surface area contributed by atoms with Gasteiger partial charge in [0.1, 0.15) is 0 Å². The van der Waals surface area contributed by atoms with Gasteiger partial charge >= 0.3 is 12.0 Å². The number of nitrogens with one attached hydrogen (secondary N) is 2. The molecule has 118 valence electrons. The van der Waals surface area contributed by atoms with E-state index in [-0.39, 0.29) is 18.5 Å². The number of carbonyl (C=O) groups excluding carboxylic acids is 1. The molecule has 21 heavy (non-hydrogen) atoms. The van der Waals surface area contributed by atoms with Crippen molar-refractivity contribution in [2.45, 2.75) is 33.7 Å². The minimum atomic E-state index is -0.897. The van der Waals surface area contributed by atoms with Gasteiger partial charge in [-0.3, -0.25) is 9.48 Å². The molecule has 7 nitrogen and oxygen atoms in total.